The minimum atomic E-state index is -0.167. The van der Waals surface area contributed by atoms with E-state index in [1.165, 1.54) is 4.90 Å². The average Bonchev–Trinajstić information content (AvgIpc) is 2.73. The number of likely N-dealkylation sites (tertiary alicyclic amines) is 1. The summed E-state index contributed by atoms with van der Waals surface area (Å²) >= 11 is 0. The maximum Gasteiger partial charge on any atom is 0.243 e. The van der Waals surface area contributed by atoms with Crippen molar-refractivity contribution in [3.63, 3.8) is 0 Å². The zero-order valence-corrected chi connectivity index (χ0v) is 13.7. The standard InChI is InChI=1S/C15H23N3O3.ClH/c1-10-8-16-6-7-17(10)13(19)9-18-14(20)11-4-2-3-5-12(11)15(18)21;/h10-12,16H,2-9H2,1H3;1H/t10-,11?,12?;/m1./s1. The summed E-state index contributed by atoms with van der Waals surface area (Å²) in [5, 5.41) is 3.23. The molecule has 3 aliphatic rings. The molecule has 1 aliphatic carbocycles. The van der Waals surface area contributed by atoms with Crippen LogP contribution in [-0.4, -0.2) is 59.7 Å². The summed E-state index contributed by atoms with van der Waals surface area (Å²) < 4.78 is 0. The Hall–Kier alpha value is -1.14. The molecule has 1 saturated carbocycles. The van der Waals surface area contributed by atoms with Crippen molar-refractivity contribution in [2.45, 2.75) is 38.6 Å². The van der Waals surface area contributed by atoms with Crippen LogP contribution in [0.15, 0.2) is 0 Å². The second-order valence-electron chi connectivity index (χ2n) is 6.40. The average molecular weight is 330 g/mol. The second-order valence-corrected chi connectivity index (χ2v) is 6.40. The number of carbonyl (C=O) groups excluding carboxylic acids is 3. The third-order valence-corrected chi connectivity index (χ3v) is 5.05. The lowest BCUT2D eigenvalue weighted by molar-refractivity contribution is -0.147. The van der Waals surface area contributed by atoms with Crippen LogP contribution in [0.4, 0.5) is 0 Å². The highest BCUT2D eigenvalue weighted by Crippen LogP contribution is 2.37. The van der Waals surface area contributed by atoms with Gasteiger partial charge in [-0.2, -0.15) is 0 Å². The summed E-state index contributed by atoms with van der Waals surface area (Å²) in [6.45, 7) is 4.08. The molecule has 2 unspecified atom stereocenters. The lowest BCUT2D eigenvalue weighted by atomic mass is 9.81. The normalized spacial score (nSPS) is 31.8. The number of carbonyl (C=O) groups is 3. The molecular weight excluding hydrogens is 306 g/mol. The van der Waals surface area contributed by atoms with Gasteiger partial charge in [0.1, 0.15) is 6.54 Å². The number of imide groups is 1. The van der Waals surface area contributed by atoms with Crippen molar-refractivity contribution in [1.82, 2.24) is 15.1 Å². The highest BCUT2D eigenvalue weighted by Gasteiger charge is 2.48. The molecule has 7 heteroatoms. The number of hydrogen-bond donors (Lipinski definition) is 1. The van der Waals surface area contributed by atoms with E-state index >= 15 is 0 Å². The third-order valence-electron chi connectivity index (χ3n) is 5.05. The Bertz CT molecular complexity index is 447. The quantitative estimate of drug-likeness (QED) is 0.745. The first-order chi connectivity index (χ1) is 10.1. The van der Waals surface area contributed by atoms with Crippen LogP contribution in [0, 0.1) is 11.8 Å². The van der Waals surface area contributed by atoms with Crippen LogP contribution in [0.5, 0.6) is 0 Å². The van der Waals surface area contributed by atoms with Gasteiger partial charge in [-0.05, 0) is 19.8 Å². The molecule has 0 aromatic carbocycles. The van der Waals surface area contributed by atoms with Gasteiger partial charge >= 0.3 is 0 Å². The predicted octanol–water partition coefficient (Wildman–Crippen LogP) is 0.404. The van der Waals surface area contributed by atoms with Gasteiger partial charge in [-0.15, -0.1) is 12.4 Å². The molecule has 22 heavy (non-hydrogen) atoms. The van der Waals surface area contributed by atoms with Gasteiger partial charge in [0.2, 0.25) is 17.7 Å². The van der Waals surface area contributed by atoms with Gasteiger partial charge in [0.15, 0.2) is 0 Å². The van der Waals surface area contributed by atoms with Gasteiger partial charge in [-0.3, -0.25) is 19.3 Å². The fourth-order valence-electron chi connectivity index (χ4n) is 3.82. The van der Waals surface area contributed by atoms with E-state index in [1.54, 1.807) is 4.90 Å². The summed E-state index contributed by atoms with van der Waals surface area (Å²) in [7, 11) is 0. The SMILES string of the molecule is C[C@@H]1CNCCN1C(=O)CN1C(=O)C2CCCCC2C1=O.Cl. The predicted molar refractivity (Wildman–Crippen MR) is 83.5 cm³/mol. The molecule has 3 atom stereocenters. The van der Waals surface area contributed by atoms with Crippen LogP contribution >= 0.6 is 12.4 Å². The number of rotatable bonds is 2. The van der Waals surface area contributed by atoms with E-state index in [4.69, 9.17) is 0 Å². The van der Waals surface area contributed by atoms with Crippen LogP contribution in [0.25, 0.3) is 0 Å². The van der Waals surface area contributed by atoms with Gasteiger partial charge in [0.05, 0.1) is 11.8 Å². The molecule has 2 saturated heterocycles. The lowest BCUT2D eigenvalue weighted by Crippen LogP contribution is -2.55. The molecule has 0 bridgehead atoms. The fourth-order valence-corrected chi connectivity index (χ4v) is 3.82. The smallest absolute Gasteiger partial charge is 0.243 e. The van der Waals surface area contributed by atoms with Crippen molar-refractivity contribution in [3.8, 4) is 0 Å². The molecule has 2 aliphatic heterocycles. The zero-order valence-electron chi connectivity index (χ0n) is 12.9. The Balaban J connectivity index is 0.00000176. The molecule has 1 N–H and O–H groups in total. The Morgan fingerprint density at radius 3 is 2.32 bits per heavy atom. The minimum Gasteiger partial charge on any atom is -0.336 e. The first-order valence-electron chi connectivity index (χ1n) is 7.95. The molecule has 3 rings (SSSR count). The maximum atomic E-state index is 12.4. The van der Waals surface area contributed by atoms with Gasteiger partial charge in [0, 0.05) is 25.7 Å². The molecule has 124 valence electrons. The summed E-state index contributed by atoms with van der Waals surface area (Å²) in [5.74, 6) is -0.690. The number of amides is 3. The highest BCUT2D eigenvalue weighted by molar-refractivity contribution is 6.07. The summed E-state index contributed by atoms with van der Waals surface area (Å²) in [4.78, 5) is 40.2. The lowest BCUT2D eigenvalue weighted by Gasteiger charge is -2.34. The Kier molecular flexibility index (Phi) is 5.45. The van der Waals surface area contributed by atoms with E-state index in [0.29, 0.717) is 6.54 Å². The first-order valence-corrected chi connectivity index (χ1v) is 7.95. The van der Waals surface area contributed by atoms with Crippen LogP contribution in [0.2, 0.25) is 0 Å². The zero-order chi connectivity index (χ0) is 15.0. The van der Waals surface area contributed by atoms with Crippen LogP contribution < -0.4 is 5.32 Å². The largest absolute Gasteiger partial charge is 0.336 e. The Labute approximate surface area is 137 Å². The summed E-state index contributed by atoms with van der Waals surface area (Å²) in [5.41, 5.74) is 0. The maximum absolute atomic E-state index is 12.4. The van der Waals surface area contributed by atoms with Gasteiger partial charge in [-0.25, -0.2) is 0 Å². The number of halogens is 1. The van der Waals surface area contributed by atoms with Crippen LogP contribution in [0.3, 0.4) is 0 Å². The van der Waals surface area contributed by atoms with Gasteiger partial charge in [0.25, 0.3) is 0 Å². The van der Waals surface area contributed by atoms with Crippen molar-refractivity contribution >= 4 is 30.1 Å². The second kappa shape index (κ2) is 6.96. The minimum absolute atomic E-state index is 0. The van der Waals surface area contributed by atoms with E-state index in [2.05, 4.69) is 5.32 Å². The molecule has 0 aromatic heterocycles. The van der Waals surface area contributed by atoms with Crippen LogP contribution in [0.1, 0.15) is 32.6 Å². The summed E-state index contributed by atoms with van der Waals surface area (Å²) in [6.07, 6.45) is 3.61. The third kappa shape index (κ3) is 2.99. The molecule has 0 aromatic rings. The molecule has 0 radical (unpaired) electrons. The molecular formula is C15H24ClN3O3. The number of nitrogens with one attached hydrogen (secondary N) is 1. The molecule has 3 amide bonds. The van der Waals surface area contributed by atoms with E-state index in [0.717, 1.165) is 38.8 Å². The van der Waals surface area contributed by atoms with Crippen molar-refractivity contribution in [3.05, 3.63) is 0 Å². The number of nitrogens with zero attached hydrogens (tertiary/aromatic N) is 2. The fraction of sp³-hybridized carbons (Fsp3) is 0.800. The van der Waals surface area contributed by atoms with Crippen LogP contribution in [-0.2, 0) is 14.4 Å². The van der Waals surface area contributed by atoms with Crippen molar-refractivity contribution in [2.24, 2.45) is 11.8 Å². The monoisotopic (exact) mass is 329 g/mol. The van der Waals surface area contributed by atoms with Crippen molar-refractivity contribution < 1.29 is 14.4 Å². The number of hydrogen-bond acceptors (Lipinski definition) is 4. The molecule has 2 heterocycles. The van der Waals surface area contributed by atoms with E-state index in [1.807, 2.05) is 6.92 Å². The van der Waals surface area contributed by atoms with E-state index in [-0.39, 0.29) is 54.6 Å². The Morgan fingerprint density at radius 2 is 1.77 bits per heavy atom. The molecule has 0 spiro atoms. The summed E-state index contributed by atoms with van der Waals surface area (Å²) in [6, 6.07) is 0.112. The number of fused-ring (bicyclic) bond motifs is 1. The van der Waals surface area contributed by atoms with E-state index < -0.39 is 0 Å². The topological polar surface area (TPSA) is 69.7 Å². The van der Waals surface area contributed by atoms with Gasteiger partial charge < -0.3 is 10.2 Å². The molecule has 6 nitrogen and oxygen atoms in total. The highest BCUT2D eigenvalue weighted by atomic mass is 35.5. The molecule has 3 fully saturated rings. The first kappa shape index (κ1) is 17.2. The number of piperazine rings is 1. The van der Waals surface area contributed by atoms with Crippen molar-refractivity contribution in [1.29, 1.82) is 0 Å². The van der Waals surface area contributed by atoms with Crippen molar-refractivity contribution in [2.75, 3.05) is 26.2 Å². The van der Waals surface area contributed by atoms with Gasteiger partial charge in [-0.1, -0.05) is 12.8 Å². The van der Waals surface area contributed by atoms with E-state index in [9.17, 15) is 14.4 Å². The Morgan fingerprint density at radius 1 is 1.18 bits per heavy atom.